The number of hydrogen-bond acceptors (Lipinski definition) is 6. The maximum absolute atomic E-state index is 13.8. The van der Waals surface area contributed by atoms with E-state index < -0.39 is 0 Å². The first-order valence-electron chi connectivity index (χ1n) is 10.6. The molecule has 0 amide bonds. The summed E-state index contributed by atoms with van der Waals surface area (Å²) < 4.78 is 1.83. The molecule has 2 aliphatic heterocycles. The van der Waals surface area contributed by atoms with Crippen molar-refractivity contribution < 1.29 is 0 Å². The number of nitrogens with one attached hydrogen (secondary N) is 2. The first-order chi connectivity index (χ1) is 15.5. The molecule has 0 aliphatic carbocycles. The molecule has 0 saturated heterocycles. The van der Waals surface area contributed by atoms with Crippen LogP contribution < -0.4 is 22.0 Å². The van der Waals surface area contributed by atoms with Gasteiger partial charge in [-0.05, 0) is 42.5 Å². The lowest BCUT2D eigenvalue weighted by Gasteiger charge is -2.26. The van der Waals surface area contributed by atoms with Crippen molar-refractivity contribution in [3.63, 3.8) is 0 Å². The predicted molar refractivity (Wildman–Crippen MR) is 128 cm³/mol. The van der Waals surface area contributed by atoms with Gasteiger partial charge < -0.3 is 11.1 Å². The Bertz CT molecular complexity index is 1370. The fourth-order valence-electron chi connectivity index (χ4n) is 4.59. The zero-order chi connectivity index (χ0) is 22.4. The minimum Gasteiger partial charge on any atom is -0.384 e. The predicted octanol–water partition coefficient (Wildman–Crippen LogP) is 2.61. The number of rotatable bonds is 4. The molecule has 0 saturated carbocycles. The molecule has 0 radical (unpaired) electrons. The molecule has 0 bridgehead atoms. The van der Waals surface area contributed by atoms with Gasteiger partial charge in [-0.3, -0.25) is 14.4 Å². The van der Waals surface area contributed by atoms with Crippen LogP contribution in [-0.4, -0.2) is 28.1 Å². The zero-order valence-electron chi connectivity index (χ0n) is 18.2. The van der Waals surface area contributed by atoms with Crippen LogP contribution in [0.5, 0.6) is 0 Å². The number of benzene rings is 2. The quantitative estimate of drug-likeness (QED) is 0.558. The van der Waals surface area contributed by atoms with Crippen LogP contribution in [0.1, 0.15) is 16.8 Å². The number of hydrogen-bond donors (Lipinski definition) is 3. The number of nitrogens with zero attached hydrogens (tertiary/aromatic N) is 3. The summed E-state index contributed by atoms with van der Waals surface area (Å²) >= 11 is 0. The van der Waals surface area contributed by atoms with Gasteiger partial charge >= 0.3 is 0 Å². The van der Waals surface area contributed by atoms with Gasteiger partial charge in [-0.15, -0.1) is 6.58 Å². The van der Waals surface area contributed by atoms with Gasteiger partial charge in [0, 0.05) is 5.69 Å². The van der Waals surface area contributed by atoms with Crippen molar-refractivity contribution in [1.29, 1.82) is 0 Å². The molecule has 3 heterocycles. The maximum atomic E-state index is 13.8. The third-order valence-corrected chi connectivity index (χ3v) is 6.15. The number of aliphatic imine (C=N–C) groups is 1. The third kappa shape index (κ3) is 3.09. The molecule has 7 heteroatoms. The van der Waals surface area contributed by atoms with Crippen molar-refractivity contribution in [3.05, 3.63) is 99.8 Å². The SMILES string of the molecule is C=CC1NN(Cc2cc3cccc(C)c3c(=O)n2-c2ccccc2C)C2=C1C(N)=NCN2. The largest absolute Gasteiger partial charge is 0.384 e. The number of fused-ring (bicyclic) bond motifs is 1. The molecule has 1 aromatic heterocycles. The molecule has 4 N–H and O–H groups in total. The molecule has 2 aromatic carbocycles. The molecule has 32 heavy (non-hydrogen) atoms. The lowest BCUT2D eigenvalue weighted by molar-refractivity contribution is 0.238. The molecule has 1 atom stereocenters. The Labute approximate surface area is 186 Å². The van der Waals surface area contributed by atoms with E-state index in [0.717, 1.165) is 44.7 Å². The van der Waals surface area contributed by atoms with E-state index >= 15 is 0 Å². The van der Waals surface area contributed by atoms with Crippen molar-refractivity contribution in [2.45, 2.75) is 26.4 Å². The van der Waals surface area contributed by atoms with E-state index in [1.165, 1.54) is 0 Å². The molecular weight excluding hydrogens is 400 g/mol. The lowest BCUT2D eigenvalue weighted by atomic mass is 10.1. The highest BCUT2D eigenvalue weighted by Crippen LogP contribution is 2.26. The summed E-state index contributed by atoms with van der Waals surface area (Å²) in [5, 5.41) is 6.98. The summed E-state index contributed by atoms with van der Waals surface area (Å²) in [4.78, 5) is 18.1. The highest BCUT2D eigenvalue weighted by Gasteiger charge is 2.34. The second-order valence-electron chi connectivity index (χ2n) is 8.17. The summed E-state index contributed by atoms with van der Waals surface area (Å²) in [5.74, 6) is 1.37. The minimum absolute atomic E-state index is 0.0174. The van der Waals surface area contributed by atoms with Gasteiger partial charge in [0.05, 0.1) is 29.2 Å². The third-order valence-electron chi connectivity index (χ3n) is 6.15. The van der Waals surface area contributed by atoms with Crippen LogP contribution in [0.3, 0.4) is 0 Å². The molecule has 5 rings (SSSR count). The van der Waals surface area contributed by atoms with Gasteiger partial charge in [0.15, 0.2) is 0 Å². The van der Waals surface area contributed by atoms with Crippen LogP contribution in [0.25, 0.3) is 16.5 Å². The van der Waals surface area contributed by atoms with Crippen molar-refractivity contribution >= 4 is 16.6 Å². The minimum atomic E-state index is -0.150. The van der Waals surface area contributed by atoms with Crippen LogP contribution in [0.15, 0.2) is 82.4 Å². The Balaban J connectivity index is 1.70. The van der Waals surface area contributed by atoms with E-state index in [1.54, 1.807) is 0 Å². The van der Waals surface area contributed by atoms with Gasteiger partial charge in [0.2, 0.25) is 0 Å². The average molecular weight is 427 g/mol. The molecule has 162 valence electrons. The highest BCUT2D eigenvalue weighted by atomic mass is 16.1. The molecule has 3 aromatic rings. The van der Waals surface area contributed by atoms with Crippen LogP contribution in [-0.2, 0) is 6.54 Å². The average Bonchev–Trinajstić information content (AvgIpc) is 3.14. The highest BCUT2D eigenvalue weighted by molar-refractivity contribution is 6.00. The van der Waals surface area contributed by atoms with Crippen LogP contribution >= 0.6 is 0 Å². The van der Waals surface area contributed by atoms with E-state index in [1.807, 2.05) is 72.0 Å². The summed E-state index contributed by atoms with van der Waals surface area (Å²) in [6, 6.07) is 15.9. The molecule has 0 fully saturated rings. The number of nitrogens with two attached hydrogens (primary N) is 1. The number of hydrazine groups is 1. The van der Waals surface area contributed by atoms with Crippen LogP contribution in [0.2, 0.25) is 0 Å². The lowest BCUT2D eigenvalue weighted by Crippen LogP contribution is -2.40. The first-order valence-corrected chi connectivity index (χ1v) is 10.6. The number of aromatic nitrogens is 1. The molecule has 1 unspecified atom stereocenters. The summed E-state index contributed by atoms with van der Waals surface area (Å²) in [6.45, 7) is 8.80. The Morgan fingerprint density at radius 2 is 1.97 bits per heavy atom. The van der Waals surface area contributed by atoms with E-state index in [9.17, 15) is 4.79 Å². The van der Waals surface area contributed by atoms with Gasteiger partial charge in [-0.2, -0.15) is 0 Å². The summed E-state index contributed by atoms with van der Waals surface area (Å²) in [7, 11) is 0. The van der Waals surface area contributed by atoms with Gasteiger partial charge in [-0.1, -0.05) is 42.5 Å². The standard InChI is InChI=1S/C25H26N6O/c1-4-19-22-23(26)27-14-28-24(22)30(29-19)13-18-12-17-10-7-9-16(3)21(17)25(32)31(18)20-11-6-5-8-15(20)2/h4-12,19,28-29H,1,13-14H2,2-3H3,(H2,26,27). The normalized spacial score (nSPS) is 17.9. The van der Waals surface area contributed by atoms with Crippen molar-refractivity contribution in [1.82, 2.24) is 20.3 Å². The van der Waals surface area contributed by atoms with Crippen molar-refractivity contribution in [2.24, 2.45) is 10.7 Å². The Hall–Kier alpha value is -3.84. The van der Waals surface area contributed by atoms with E-state index in [-0.39, 0.29) is 11.6 Å². The first kappa shape index (κ1) is 20.1. The number of aryl methyl sites for hydroxylation is 2. The smallest absolute Gasteiger partial charge is 0.263 e. The summed E-state index contributed by atoms with van der Waals surface area (Å²) in [5.41, 5.74) is 14.2. The molecule has 2 aliphatic rings. The molecule has 0 spiro atoms. The number of pyridine rings is 1. The fraction of sp³-hybridized carbons (Fsp3) is 0.200. The fourth-order valence-corrected chi connectivity index (χ4v) is 4.59. The van der Waals surface area contributed by atoms with Crippen molar-refractivity contribution in [3.8, 4) is 5.69 Å². The zero-order valence-corrected chi connectivity index (χ0v) is 18.2. The molecule has 7 nitrogen and oxygen atoms in total. The second kappa shape index (κ2) is 7.69. The van der Waals surface area contributed by atoms with Gasteiger partial charge in [0.1, 0.15) is 18.3 Å². The van der Waals surface area contributed by atoms with Crippen LogP contribution in [0, 0.1) is 13.8 Å². The summed E-state index contributed by atoms with van der Waals surface area (Å²) in [6.07, 6.45) is 1.81. The number of para-hydroxylation sites is 1. The van der Waals surface area contributed by atoms with E-state index in [4.69, 9.17) is 5.73 Å². The molecular formula is C25H26N6O. The maximum Gasteiger partial charge on any atom is 0.263 e. The van der Waals surface area contributed by atoms with Crippen LogP contribution in [0.4, 0.5) is 0 Å². The number of amidine groups is 1. The van der Waals surface area contributed by atoms with E-state index in [0.29, 0.717) is 19.0 Å². The topological polar surface area (TPSA) is 87.7 Å². The Morgan fingerprint density at radius 1 is 1.19 bits per heavy atom. The van der Waals surface area contributed by atoms with E-state index in [2.05, 4.69) is 28.4 Å². The van der Waals surface area contributed by atoms with Gasteiger partial charge in [-0.25, -0.2) is 10.4 Å². The second-order valence-corrected chi connectivity index (χ2v) is 8.17. The Kier molecular flexibility index (Phi) is 4.83. The monoisotopic (exact) mass is 426 g/mol. The van der Waals surface area contributed by atoms with Crippen molar-refractivity contribution in [2.75, 3.05) is 6.67 Å². The Morgan fingerprint density at radius 3 is 2.75 bits per heavy atom. The van der Waals surface area contributed by atoms with Gasteiger partial charge in [0.25, 0.3) is 5.56 Å².